The molecular formula is C21H37N3O2. The monoisotopic (exact) mass is 363 g/mol. The summed E-state index contributed by atoms with van der Waals surface area (Å²) in [6.07, 6.45) is 5.68. The number of hydrogen-bond donors (Lipinski definition) is 0. The van der Waals surface area contributed by atoms with E-state index in [2.05, 4.69) is 37.5 Å². The zero-order chi connectivity index (χ0) is 18.8. The van der Waals surface area contributed by atoms with Crippen LogP contribution in [0, 0.1) is 17.8 Å². The minimum Gasteiger partial charge on any atom is -0.336 e. The van der Waals surface area contributed by atoms with Crippen LogP contribution in [0.3, 0.4) is 0 Å². The van der Waals surface area contributed by atoms with Gasteiger partial charge in [0.1, 0.15) is 0 Å². The molecule has 0 spiro atoms. The Balaban J connectivity index is 1.49. The molecule has 1 aliphatic carbocycles. The van der Waals surface area contributed by atoms with Crippen LogP contribution in [-0.2, 0) is 9.59 Å². The molecule has 3 aliphatic rings. The summed E-state index contributed by atoms with van der Waals surface area (Å²) in [6, 6.07) is 0.893. The predicted octanol–water partition coefficient (Wildman–Crippen LogP) is 2.60. The molecule has 148 valence electrons. The lowest BCUT2D eigenvalue weighted by Gasteiger charge is -2.42. The lowest BCUT2D eigenvalue weighted by atomic mass is 9.79. The average Bonchev–Trinajstić information content (AvgIpc) is 3.11. The van der Waals surface area contributed by atoms with E-state index in [4.69, 9.17) is 0 Å². The third-order valence-corrected chi connectivity index (χ3v) is 6.99. The van der Waals surface area contributed by atoms with Crippen LogP contribution in [0.5, 0.6) is 0 Å². The van der Waals surface area contributed by atoms with Crippen LogP contribution in [-0.4, -0.2) is 71.3 Å². The highest BCUT2D eigenvalue weighted by Gasteiger charge is 2.37. The molecule has 2 amide bonds. The van der Waals surface area contributed by atoms with E-state index in [1.54, 1.807) is 0 Å². The first kappa shape index (κ1) is 19.7. The van der Waals surface area contributed by atoms with Crippen molar-refractivity contribution in [1.82, 2.24) is 14.7 Å². The van der Waals surface area contributed by atoms with Gasteiger partial charge in [0.15, 0.2) is 0 Å². The molecule has 26 heavy (non-hydrogen) atoms. The van der Waals surface area contributed by atoms with E-state index in [0.29, 0.717) is 25.2 Å². The highest BCUT2D eigenvalue weighted by molar-refractivity contribution is 5.87. The van der Waals surface area contributed by atoms with Crippen molar-refractivity contribution >= 4 is 11.8 Å². The Hall–Kier alpha value is -1.10. The predicted molar refractivity (Wildman–Crippen MR) is 104 cm³/mol. The Bertz CT molecular complexity index is 511. The minimum atomic E-state index is 0.0817. The maximum absolute atomic E-state index is 12.8. The molecule has 1 saturated carbocycles. The second-order valence-electron chi connectivity index (χ2n) is 9.23. The van der Waals surface area contributed by atoms with Crippen LogP contribution in [0.25, 0.3) is 0 Å². The van der Waals surface area contributed by atoms with Crippen molar-refractivity contribution in [3.05, 3.63) is 0 Å². The van der Waals surface area contributed by atoms with Crippen molar-refractivity contribution in [1.29, 1.82) is 0 Å². The van der Waals surface area contributed by atoms with E-state index in [0.717, 1.165) is 50.7 Å². The molecule has 0 aromatic heterocycles. The number of rotatable bonds is 4. The van der Waals surface area contributed by atoms with Crippen molar-refractivity contribution in [3.8, 4) is 0 Å². The molecule has 3 rings (SSSR count). The fraction of sp³-hybridized carbons (Fsp3) is 0.905. The first-order valence-corrected chi connectivity index (χ1v) is 10.7. The van der Waals surface area contributed by atoms with Gasteiger partial charge in [-0.05, 0) is 64.3 Å². The normalized spacial score (nSPS) is 31.3. The van der Waals surface area contributed by atoms with E-state index < -0.39 is 0 Å². The summed E-state index contributed by atoms with van der Waals surface area (Å²) in [5.74, 6) is 2.01. The second kappa shape index (κ2) is 8.28. The zero-order valence-corrected chi connectivity index (χ0v) is 17.1. The summed E-state index contributed by atoms with van der Waals surface area (Å²) in [4.78, 5) is 31.9. The van der Waals surface area contributed by atoms with Crippen LogP contribution in [0.4, 0.5) is 0 Å². The summed E-state index contributed by atoms with van der Waals surface area (Å²) in [5.41, 5.74) is 0. The van der Waals surface area contributed by atoms with Gasteiger partial charge >= 0.3 is 0 Å². The number of carbonyl (C=O) groups excluding carboxylic acids is 2. The van der Waals surface area contributed by atoms with Crippen molar-refractivity contribution < 1.29 is 9.59 Å². The molecule has 3 fully saturated rings. The van der Waals surface area contributed by atoms with Gasteiger partial charge in [-0.15, -0.1) is 0 Å². The molecule has 5 nitrogen and oxygen atoms in total. The number of hydrogen-bond acceptors (Lipinski definition) is 3. The van der Waals surface area contributed by atoms with Crippen molar-refractivity contribution in [3.63, 3.8) is 0 Å². The number of likely N-dealkylation sites (tertiary alicyclic amines) is 1. The van der Waals surface area contributed by atoms with Gasteiger partial charge < -0.3 is 14.7 Å². The number of piperazine rings is 1. The summed E-state index contributed by atoms with van der Waals surface area (Å²) >= 11 is 0. The summed E-state index contributed by atoms with van der Waals surface area (Å²) in [6.45, 7) is 12.6. The standard InChI is InChI=1S/C21H37N3O2/c1-15(2)17-5-7-19(8-6-17)24-12-11-23(14-20(24)25)21(26)18-9-10-22(13-18)16(3)4/h15-19H,5-14H2,1-4H3/t17?,18-,19?/m1/s1. The molecule has 5 heteroatoms. The van der Waals surface area contributed by atoms with Gasteiger partial charge in [-0.25, -0.2) is 0 Å². The molecular weight excluding hydrogens is 326 g/mol. The molecule has 0 aromatic rings. The van der Waals surface area contributed by atoms with Crippen LogP contribution < -0.4 is 0 Å². The summed E-state index contributed by atoms with van der Waals surface area (Å²) < 4.78 is 0. The van der Waals surface area contributed by atoms with Crippen LogP contribution in [0.2, 0.25) is 0 Å². The van der Waals surface area contributed by atoms with Crippen LogP contribution >= 0.6 is 0 Å². The van der Waals surface area contributed by atoms with Crippen molar-refractivity contribution in [2.45, 2.75) is 71.9 Å². The third kappa shape index (κ3) is 4.24. The number of amides is 2. The van der Waals surface area contributed by atoms with Crippen molar-refractivity contribution in [2.75, 3.05) is 32.7 Å². The van der Waals surface area contributed by atoms with Crippen LogP contribution in [0.15, 0.2) is 0 Å². The van der Waals surface area contributed by atoms with Gasteiger partial charge in [-0.3, -0.25) is 9.59 Å². The zero-order valence-electron chi connectivity index (χ0n) is 17.1. The fourth-order valence-corrected chi connectivity index (χ4v) is 5.06. The number of nitrogens with zero attached hydrogens (tertiary/aromatic N) is 3. The smallest absolute Gasteiger partial charge is 0.242 e. The van der Waals surface area contributed by atoms with Gasteiger partial charge in [-0.1, -0.05) is 13.8 Å². The molecule has 0 radical (unpaired) electrons. The largest absolute Gasteiger partial charge is 0.336 e. The highest BCUT2D eigenvalue weighted by Crippen LogP contribution is 2.33. The van der Waals surface area contributed by atoms with Gasteiger partial charge in [0.05, 0.1) is 12.5 Å². The molecule has 0 bridgehead atoms. The van der Waals surface area contributed by atoms with E-state index in [1.165, 1.54) is 12.8 Å². The molecule has 2 saturated heterocycles. The first-order chi connectivity index (χ1) is 12.4. The average molecular weight is 364 g/mol. The lowest BCUT2D eigenvalue weighted by Crippen LogP contribution is -2.57. The Morgan fingerprint density at radius 2 is 1.65 bits per heavy atom. The SMILES string of the molecule is CC(C)C1CCC(N2CCN(C(=O)[C@@H]3CCN(C(C)C)C3)CC2=O)CC1. The Morgan fingerprint density at radius 1 is 0.962 bits per heavy atom. The van der Waals surface area contributed by atoms with Gasteiger partial charge in [0.25, 0.3) is 0 Å². The summed E-state index contributed by atoms with van der Waals surface area (Å²) in [7, 11) is 0. The minimum absolute atomic E-state index is 0.0817. The second-order valence-corrected chi connectivity index (χ2v) is 9.23. The molecule has 2 aliphatic heterocycles. The molecule has 2 heterocycles. The Labute approximate surface area is 159 Å². The Morgan fingerprint density at radius 3 is 2.19 bits per heavy atom. The Kier molecular flexibility index (Phi) is 6.26. The summed E-state index contributed by atoms with van der Waals surface area (Å²) in [5, 5.41) is 0. The van der Waals surface area contributed by atoms with Gasteiger partial charge in [0.2, 0.25) is 11.8 Å². The van der Waals surface area contributed by atoms with E-state index in [-0.39, 0.29) is 17.7 Å². The fourth-order valence-electron chi connectivity index (χ4n) is 5.06. The maximum atomic E-state index is 12.8. The van der Waals surface area contributed by atoms with E-state index in [1.807, 2.05) is 4.90 Å². The quantitative estimate of drug-likeness (QED) is 0.771. The lowest BCUT2D eigenvalue weighted by molar-refractivity contribution is -0.149. The highest BCUT2D eigenvalue weighted by atomic mass is 16.2. The molecule has 0 unspecified atom stereocenters. The molecule has 0 N–H and O–H groups in total. The van der Waals surface area contributed by atoms with Gasteiger partial charge in [0, 0.05) is 31.7 Å². The number of carbonyl (C=O) groups is 2. The first-order valence-electron chi connectivity index (χ1n) is 10.7. The van der Waals surface area contributed by atoms with E-state index in [9.17, 15) is 9.59 Å². The van der Waals surface area contributed by atoms with Gasteiger partial charge in [-0.2, -0.15) is 0 Å². The molecule has 1 atom stereocenters. The van der Waals surface area contributed by atoms with E-state index >= 15 is 0 Å². The third-order valence-electron chi connectivity index (χ3n) is 6.99. The topological polar surface area (TPSA) is 43.9 Å². The molecule has 0 aromatic carbocycles. The maximum Gasteiger partial charge on any atom is 0.242 e. The van der Waals surface area contributed by atoms with Crippen molar-refractivity contribution in [2.24, 2.45) is 17.8 Å². The van der Waals surface area contributed by atoms with Crippen LogP contribution in [0.1, 0.15) is 59.8 Å².